The van der Waals surface area contributed by atoms with Gasteiger partial charge in [-0.3, -0.25) is 9.69 Å². The summed E-state index contributed by atoms with van der Waals surface area (Å²) < 4.78 is 0. The lowest BCUT2D eigenvalue weighted by Gasteiger charge is -2.22. The van der Waals surface area contributed by atoms with Crippen molar-refractivity contribution in [3.63, 3.8) is 0 Å². The van der Waals surface area contributed by atoms with Crippen molar-refractivity contribution in [1.29, 1.82) is 0 Å². The number of rotatable bonds is 6. The lowest BCUT2D eigenvalue weighted by Crippen LogP contribution is -2.36. The van der Waals surface area contributed by atoms with Gasteiger partial charge in [0.25, 0.3) is 0 Å². The predicted octanol–water partition coefficient (Wildman–Crippen LogP) is 4.02. The first-order valence-electron chi connectivity index (χ1n) is 7.75. The number of nitrogens with zero attached hydrogens (tertiary/aromatic N) is 1. The number of carbonyl (C=O) groups is 1. The van der Waals surface area contributed by atoms with Gasteiger partial charge in [-0.2, -0.15) is 0 Å². The van der Waals surface area contributed by atoms with Crippen molar-refractivity contribution in [2.45, 2.75) is 26.3 Å². The molecule has 0 bridgehead atoms. The molecule has 0 saturated carbocycles. The van der Waals surface area contributed by atoms with E-state index in [0.29, 0.717) is 12.6 Å². The van der Waals surface area contributed by atoms with Gasteiger partial charge in [-0.15, -0.1) is 0 Å². The molecule has 0 aromatic heterocycles. The van der Waals surface area contributed by atoms with Crippen molar-refractivity contribution in [3.05, 3.63) is 54.6 Å². The second-order valence-corrected chi connectivity index (χ2v) is 5.66. The van der Waals surface area contributed by atoms with Crippen molar-refractivity contribution < 1.29 is 4.79 Å². The Labute approximate surface area is 133 Å². The molecule has 2 rings (SSSR count). The van der Waals surface area contributed by atoms with Crippen molar-refractivity contribution in [2.24, 2.45) is 0 Å². The smallest absolute Gasteiger partial charge is 0.238 e. The molecule has 116 valence electrons. The van der Waals surface area contributed by atoms with Crippen molar-refractivity contribution >= 4 is 11.6 Å². The van der Waals surface area contributed by atoms with E-state index in [9.17, 15) is 4.79 Å². The van der Waals surface area contributed by atoms with E-state index in [1.807, 2.05) is 49.5 Å². The topological polar surface area (TPSA) is 32.3 Å². The summed E-state index contributed by atoms with van der Waals surface area (Å²) in [6.45, 7) is 4.67. The van der Waals surface area contributed by atoms with Gasteiger partial charge in [0.1, 0.15) is 0 Å². The lowest BCUT2D eigenvalue weighted by molar-refractivity contribution is -0.117. The van der Waals surface area contributed by atoms with Crippen molar-refractivity contribution in [1.82, 2.24) is 4.90 Å². The number of hydrogen-bond donors (Lipinski definition) is 1. The quantitative estimate of drug-likeness (QED) is 0.873. The molecular weight excluding hydrogens is 272 g/mol. The highest BCUT2D eigenvalue weighted by atomic mass is 16.2. The molecule has 0 heterocycles. The van der Waals surface area contributed by atoms with Crippen LogP contribution in [0.25, 0.3) is 11.1 Å². The van der Waals surface area contributed by atoms with Gasteiger partial charge in [0.05, 0.1) is 6.54 Å². The minimum Gasteiger partial charge on any atom is -0.325 e. The molecule has 0 saturated heterocycles. The van der Waals surface area contributed by atoms with Crippen LogP contribution in [-0.4, -0.2) is 30.4 Å². The average Bonchev–Trinajstić information content (AvgIpc) is 2.55. The van der Waals surface area contributed by atoms with Gasteiger partial charge < -0.3 is 5.32 Å². The fourth-order valence-corrected chi connectivity index (χ4v) is 2.27. The summed E-state index contributed by atoms with van der Waals surface area (Å²) in [6, 6.07) is 18.6. The molecule has 0 radical (unpaired) electrons. The molecule has 1 amide bonds. The van der Waals surface area contributed by atoms with Gasteiger partial charge in [0.2, 0.25) is 5.91 Å². The summed E-state index contributed by atoms with van der Waals surface area (Å²) in [5.41, 5.74) is 3.16. The third-order valence-electron chi connectivity index (χ3n) is 4.01. The Balaban J connectivity index is 1.95. The van der Waals surface area contributed by atoms with Crippen molar-refractivity contribution in [2.75, 3.05) is 18.9 Å². The van der Waals surface area contributed by atoms with Crippen LogP contribution in [-0.2, 0) is 4.79 Å². The van der Waals surface area contributed by atoms with E-state index < -0.39 is 0 Å². The fraction of sp³-hybridized carbons (Fsp3) is 0.316. The second kappa shape index (κ2) is 7.76. The molecule has 0 aliphatic carbocycles. The Morgan fingerprint density at radius 2 is 1.64 bits per heavy atom. The van der Waals surface area contributed by atoms with Crippen LogP contribution in [0.15, 0.2) is 54.6 Å². The summed E-state index contributed by atoms with van der Waals surface area (Å²) in [5, 5.41) is 2.95. The molecule has 1 atom stereocenters. The van der Waals surface area contributed by atoms with Crippen LogP contribution in [0, 0.1) is 0 Å². The first-order chi connectivity index (χ1) is 10.6. The standard InChI is InChI=1S/C19H24N2O/c1-4-15(2)21(3)14-19(22)20-18-12-10-17(11-13-18)16-8-6-5-7-9-16/h5-13,15H,4,14H2,1-3H3,(H,20,22). The number of hydrogen-bond acceptors (Lipinski definition) is 2. The van der Waals surface area contributed by atoms with Crippen LogP contribution in [0.1, 0.15) is 20.3 Å². The Bertz CT molecular complexity index is 593. The van der Waals surface area contributed by atoms with Gasteiger partial charge in [0, 0.05) is 11.7 Å². The third kappa shape index (κ3) is 4.43. The number of carbonyl (C=O) groups excluding carboxylic acids is 1. The highest BCUT2D eigenvalue weighted by Crippen LogP contribution is 2.20. The van der Waals surface area contributed by atoms with Gasteiger partial charge in [-0.25, -0.2) is 0 Å². The van der Waals surface area contributed by atoms with E-state index in [1.165, 1.54) is 5.56 Å². The zero-order valence-electron chi connectivity index (χ0n) is 13.5. The molecule has 3 heteroatoms. The van der Waals surface area contributed by atoms with E-state index >= 15 is 0 Å². The predicted molar refractivity (Wildman–Crippen MR) is 92.9 cm³/mol. The number of benzene rings is 2. The Hall–Kier alpha value is -2.13. The molecule has 0 fully saturated rings. The van der Waals surface area contributed by atoms with Crippen LogP contribution in [0.3, 0.4) is 0 Å². The molecule has 1 N–H and O–H groups in total. The van der Waals surface area contributed by atoms with E-state index in [4.69, 9.17) is 0 Å². The van der Waals surface area contributed by atoms with E-state index in [-0.39, 0.29) is 5.91 Å². The fourth-order valence-electron chi connectivity index (χ4n) is 2.27. The van der Waals surface area contributed by atoms with Crippen LogP contribution in [0.5, 0.6) is 0 Å². The average molecular weight is 296 g/mol. The molecule has 1 unspecified atom stereocenters. The molecule has 3 nitrogen and oxygen atoms in total. The largest absolute Gasteiger partial charge is 0.325 e. The maximum atomic E-state index is 12.0. The van der Waals surface area contributed by atoms with Gasteiger partial charge in [0.15, 0.2) is 0 Å². The number of anilines is 1. The Kier molecular flexibility index (Phi) is 5.73. The molecule has 22 heavy (non-hydrogen) atoms. The number of amides is 1. The number of nitrogens with one attached hydrogen (secondary N) is 1. The monoisotopic (exact) mass is 296 g/mol. The van der Waals surface area contributed by atoms with E-state index in [1.54, 1.807) is 0 Å². The normalized spacial score (nSPS) is 12.2. The minimum absolute atomic E-state index is 0.0234. The Morgan fingerprint density at radius 1 is 1.05 bits per heavy atom. The second-order valence-electron chi connectivity index (χ2n) is 5.66. The minimum atomic E-state index is 0.0234. The maximum absolute atomic E-state index is 12.0. The summed E-state index contributed by atoms with van der Waals surface area (Å²) >= 11 is 0. The summed E-state index contributed by atoms with van der Waals surface area (Å²) in [5.74, 6) is 0.0234. The first-order valence-corrected chi connectivity index (χ1v) is 7.75. The highest BCUT2D eigenvalue weighted by molar-refractivity contribution is 5.92. The third-order valence-corrected chi connectivity index (χ3v) is 4.01. The molecule has 2 aromatic rings. The summed E-state index contributed by atoms with van der Waals surface area (Å²) in [6.07, 6.45) is 1.04. The van der Waals surface area contributed by atoms with Crippen molar-refractivity contribution in [3.8, 4) is 11.1 Å². The van der Waals surface area contributed by atoms with Crippen LogP contribution < -0.4 is 5.32 Å². The van der Waals surface area contributed by atoms with Crippen LogP contribution >= 0.6 is 0 Å². The van der Waals surface area contributed by atoms with Gasteiger partial charge in [-0.1, -0.05) is 49.4 Å². The highest BCUT2D eigenvalue weighted by Gasteiger charge is 2.11. The van der Waals surface area contributed by atoms with Gasteiger partial charge >= 0.3 is 0 Å². The summed E-state index contributed by atoms with van der Waals surface area (Å²) in [7, 11) is 1.98. The van der Waals surface area contributed by atoms with Gasteiger partial charge in [-0.05, 0) is 43.7 Å². The van der Waals surface area contributed by atoms with E-state index in [2.05, 4.69) is 36.2 Å². The van der Waals surface area contributed by atoms with E-state index in [0.717, 1.165) is 17.7 Å². The zero-order chi connectivity index (χ0) is 15.9. The Morgan fingerprint density at radius 3 is 2.23 bits per heavy atom. The summed E-state index contributed by atoms with van der Waals surface area (Å²) in [4.78, 5) is 14.1. The molecule has 0 aliphatic heterocycles. The first kappa shape index (κ1) is 16.2. The molecule has 0 spiro atoms. The van der Waals surface area contributed by atoms with Crippen LogP contribution in [0.4, 0.5) is 5.69 Å². The SMILES string of the molecule is CCC(C)N(C)CC(=O)Nc1ccc(-c2ccccc2)cc1. The number of likely N-dealkylation sites (N-methyl/N-ethyl adjacent to an activating group) is 1. The lowest BCUT2D eigenvalue weighted by atomic mass is 10.1. The molecular formula is C19H24N2O. The van der Waals surface area contributed by atoms with Crippen LogP contribution in [0.2, 0.25) is 0 Å². The zero-order valence-corrected chi connectivity index (χ0v) is 13.5. The molecule has 2 aromatic carbocycles. The maximum Gasteiger partial charge on any atom is 0.238 e. The molecule has 0 aliphatic rings.